The lowest BCUT2D eigenvalue weighted by Gasteiger charge is -2.34. The standard InChI is InChI=1S/C18H17N7O2/c26-16-14(12-22-15(23-16)13-3-1-4-19-11-13)17(27)24-7-9-25(10-8-24)18-20-5-2-6-21-18/h1-6,11-12H,7-10H2,(H,22,23,26). The number of amides is 1. The topological polar surface area (TPSA) is 108 Å². The first-order valence-corrected chi connectivity index (χ1v) is 8.53. The summed E-state index contributed by atoms with van der Waals surface area (Å²) < 4.78 is 0. The first-order chi connectivity index (χ1) is 13.2. The molecule has 1 aliphatic heterocycles. The molecule has 1 fully saturated rings. The third-order valence-electron chi connectivity index (χ3n) is 4.37. The van der Waals surface area contributed by atoms with Crippen LogP contribution in [0, 0.1) is 0 Å². The maximum absolute atomic E-state index is 12.7. The highest BCUT2D eigenvalue weighted by Crippen LogP contribution is 2.13. The van der Waals surface area contributed by atoms with Crippen LogP contribution in [-0.2, 0) is 0 Å². The molecule has 3 aromatic heterocycles. The lowest BCUT2D eigenvalue weighted by atomic mass is 10.2. The molecule has 1 N–H and O–H groups in total. The van der Waals surface area contributed by atoms with E-state index in [1.807, 2.05) is 4.90 Å². The average molecular weight is 363 g/mol. The van der Waals surface area contributed by atoms with E-state index in [4.69, 9.17) is 0 Å². The van der Waals surface area contributed by atoms with Crippen molar-refractivity contribution in [3.8, 4) is 11.4 Å². The van der Waals surface area contributed by atoms with Crippen molar-refractivity contribution in [3.63, 3.8) is 0 Å². The Morgan fingerprint density at radius 3 is 2.41 bits per heavy atom. The van der Waals surface area contributed by atoms with E-state index in [-0.39, 0.29) is 11.5 Å². The number of hydrogen-bond acceptors (Lipinski definition) is 7. The highest BCUT2D eigenvalue weighted by atomic mass is 16.2. The van der Waals surface area contributed by atoms with Gasteiger partial charge in [-0.2, -0.15) is 0 Å². The molecular weight excluding hydrogens is 346 g/mol. The molecule has 9 nitrogen and oxygen atoms in total. The van der Waals surface area contributed by atoms with Gasteiger partial charge in [-0.15, -0.1) is 0 Å². The van der Waals surface area contributed by atoms with Gasteiger partial charge in [0.05, 0.1) is 0 Å². The van der Waals surface area contributed by atoms with E-state index in [1.165, 1.54) is 6.20 Å². The predicted molar refractivity (Wildman–Crippen MR) is 98.2 cm³/mol. The Bertz CT molecular complexity index is 983. The Morgan fingerprint density at radius 1 is 0.963 bits per heavy atom. The number of piperazine rings is 1. The highest BCUT2D eigenvalue weighted by molar-refractivity contribution is 5.93. The number of carbonyl (C=O) groups excluding carboxylic acids is 1. The van der Waals surface area contributed by atoms with Crippen LogP contribution in [0.4, 0.5) is 5.95 Å². The number of anilines is 1. The number of rotatable bonds is 3. The number of aromatic nitrogens is 5. The lowest BCUT2D eigenvalue weighted by Crippen LogP contribution is -2.50. The van der Waals surface area contributed by atoms with Crippen molar-refractivity contribution in [1.29, 1.82) is 0 Å². The van der Waals surface area contributed by atoms with Crippen LogP contribution < -0.4 is 10.5 Å². The SMILES string of the molecule is O=C(c1cnc(-c2cccnc2)[nH]c1=O)N1CCN(c2ncccn2)CC1. The van der Waals surface area contributed by atoms with Gasteiger partial charge in [0.15, 0.2) is 0 Å². The zero-order chi connectivity index (χ0) is 18.6. The Balaban J connectivity index is 1.47. The van der Waals surface area contributed by atoms with Crippen molar-refractivity contribution in [2.45, 2.75) is 0 Å². The fraction of sp³-hybridized carbons (Fsp3) is 0.222. The normalized spacial score (nSPS) is 14.2. The molecule has 0 atom stereocenters. The van der Waals surface area contributed by atoms with Crippen molar-refractivity contribution in [2.75, 3.05) is 31.1 Å². The summed E-state index contributed by atoms with van der Waals surface area (Å²) in [5, 5.41) is 0. The maximum Gasteiger partial charge on any atom is 0.264 e. The molecule has 0 aromatic carbocycles. The van der Waals surface area contributed by atoms with Crippen molar-refractivity contribution >= 4 is 11.9 Å². The molecule has 1 amide bonds. The fourth-order valence-electron chi connectivity index (χ4n) is 2.93. The minimum atomic E-state index is -0.456. The van der Waals surface area contributed by atoms with E-state index in [0.717, 1.165) is 0 Å². The van der Waals surface area contributed by atoms with E-state index in [2.05, 4.69) is 24.9 Å². The van der Waals surface area contributed by atoms with Gasteiger partial charge in [-0.3, -0.25) is 14.6 Å². The number of aromatic amines is 1. The lowest BCUT2D eigenvalue weighted by molar-refractivity contribution is 0.0744. The third kappa shape index (κ3) is 3.52. The van der Waals surface area contributed by atoms with Crippen LogP contribution >= 0.6 is 0 Å². The van der Waals surface area contributed by atoms with Gasteiger partial charge >= 0.3 is 0 Å². The number of nitrogens with one attached hydrogen (secondary N) is 1. The maximum atomic E-state index is 12.7. The summed E-state index contributed by atoms with van der Waals surface area (Å²) in [4.78, 5) is 48.1. The first kappa shape index (κ1) is 16.8. The van der Waals surface area contributed by atoms with Crippen molar-refractivity contribution in [1.82, 2.24) is 29.8 Å². The van der Waals surface area contributed by atoms with Gasteiger partial charge in [-0.1, -0.05) is 0 Å². The monoisotopic (exact) mass is 363 g/mol. The van der Waals surface area contributed by atoms with E-state index in [9.17, 15) is 9.59 Å². The molecule has 1 aliphatic rings. The molecular formula is C18H17N7O2. The number of nitrogens with zero attached hydrogens (tertiary/aromatic N) is 6. The van der Waals surface area contributed by atoms with Crippen LogP contribution in [0.2, 0.25) is 0 Å². The van der Waals surface area contributed by atoms with E-state index >= 15 is 0 Å². The number of pyridine rings is 1. The van der Waals surface area contributed by atoms with Gasteiger partial charge in [0.25, 0.3) is 11.5 Å². The van der Waals surface area contributed by atoms with Crippen LogP contribution in [0.5, 0.6) is 0 Å². The molecule has 4 heterocycles. The zero-order valence-electron chi connectivity index (χ0n) is 14.4. The third-order valence-corrected chi connectivity index (χ3v) is 4.37. The van der Waals surface area contributed by atoms with Gasteiger partial charge in [0.2, 0.25) is 5.95 Å². The molecule has 9 heteroatoms. The molecule has 0 aliphatic carbocycles. The Hall–Kier alpha value is -3.62. The molecule has 0 bridgehead atoms. The quantitative estimate of drug-likeness (QED) is 0.725. The summed E-state index contributed by atoms with van der Waals surface area (Å²) in [5.74, 6) is 0.704. The van der Waals surface area contributed by atoms with Gasteiger partial charge in [0, 0.05) is 62.7 Å². The summed E-state index contributed by atoms with van der Waals surface area (Å²) in [5.41, 5.74) is 0.264. The summed E-state index contributed by atoms with van der Waals surface area (Å²) in [6.07, 6.45) is 7.95. The predicted octanol–water partition coefficient (Wildman–Crippen LogP) is 0.584. The zero-order valence-corrected chi connectivity index (χ0v) is 14.4. The van der Waals surface area contributed by atoms with E-state index < -0.39 is 5.56 Å². The van der Waals surface area contributed by atoms with Crippen molar-refractivity contribution < 1.29 is 4.79 Å². The van der Waals surface area contributed by atoms with Crippen LogP contribution in [-0.4, -0.2) is 61.9 Å². The Morgan fingerprint density at radius 2 is 1.74 bits per heavy atom. The smallest absolute Gasteiger partial charge is 0.264 e. The van der Waals surface area contributed by atoms with Crippen LogP contribution in [0.1, 0.15) is 10.4 Å². The molecule has 136 valence electrons. The second-order valence-corrected chi connectivity index (χ2v) is 6.04. The van der Waals surface area contributed by atoms with Gasteiger partial charge in [-0.05, 0) is 18.2 Å². The fourth-order valence-corrected chi connectivity index (χ4v) is 2.93. The molecule has 1 saturated heterocycles. The van der Waals surface area contributed by atoms with Gasteiger partial charge in [0.1, 0.15) is 11.4 Å². The second-order valence-electron chi connectivity index (χ2n) is 6.04. The van der Waals surface area contributed by atoms with Crippen molar-refractivity contribution in [3.05, 3.63) is 65.1 Å². The molecule has 27 heavy (non-hydrogen) atoms. The van der Waals surface area contributed by atoms with E-state index in [1.54, 1.807) is 47.9 Å². The molecule has 0 unspecified atom stereocenters. The number of hydrogen-bond donors (Lipinski definition) is 1. The van der Waals surface area contributed by atoms with Gasteiger partial charge in [-0.25, -0.2) is 15.0 Å². The number of H-pyrrole nitrogens is 1. The average Bonchev–Trinajstić information content (AvgIpc) is 2.74. The molecule has 0 saturated carbocycles. The largest absolute Gasteiger partial charge is 0.337 e. The summed E-state index contributed by atoms with van der Waals surface area (Å²) >= 11 is 0. The minimum Gasteiger partial charge on any atom is -0.337 e. The van der Waals surface area contributed by atoms with Crippen LogP contribution in [0.3, 0.4) is 0 Å². The summed E-state index contributed by atoms with van der Waals surface area (Å²) in [6.45, 7) is 2.19. The van der Waals surface area contributed by atoms with Crippen LogP contribution in [0.15, 0.2) is 54.0 Å². The molecule has 0 spiro atoms. The molecule has 3 aromatic rings. The molecule has 4 rings (SSSR count). The first-order valence-electron chi connectivity index (χ1n) is 8.53. The van der Waals surface area contributed by atoms with Crippen molar-refractivity contribution in [2.24, 2.45) is 0 Å². The Kier molecular flexibility index (Phi) is 4.56. The van der Waals surface area contributed by atoms with Gasteiger partial charge < -0.3 is 14.8 Å². The summed E-state index contributed by atoms with van der Waals surface area (Å²) in [7, 11) is 0. The minimum absolute atomic E-state index is 0.0343. The van der Waals surface area contributed by atoms with Crippen LogP contribution in [0.25, 0.3) is 11.4 Å². The molecule has 0 radical (unpaired) electrons. The summed E-state index contributed by atoms with van der Waals surface area (Å²) in [6, 6.07) is 5.31. The Labute approximate surface area is 154 Å². The highest BCUT2D eigenvalue weighted by Gasteiger charge is 2.25. The second kappa shape index (κ2) is 7.32. The van der Waals surface area contributed by atoms with E-state index in [0.29, 0.717) is 43.5 Å². The number of carbonyl (C=O) groups is 1.